The lowest BCUT2D eigenvalue weighted by molar-refractivity contribution is -0.121. The molecule has 124 valence electrons. The second-order valence-corrected chi connectivity index (χ2v) is 5.94. The largest absolute Gasteiger partial charge is 0.380 e. The molecule has 5 heteroatoms. The number of hydrogen-bond donors (Lipinski definition) is 1. The summed E-state index contributed by atoms with van der Waals surface area (Å²) in [5, 5.41) is 3.16. The molecule has 0 spiro atoms. The quantitative estimate of drug-likeness (QED) is 0.859. The van der Waals surface area contributed by atoms with Crippen molar-refractivity contribution >= 4 is 23.2 Å². The van der Waals surface area contributed by atoms with Gasteiger partial charge >= 0.3 is 0 Å². The van der Waals surface area contributed by atoms with Gasteiger partial charge < -0.3 is 10.1 Å². The fraction of sp³-hybridized carbons (Fsp3) is 0.263. The number of imide groups is 1. The van der Waals surface area contributed by atoms with Crippen molar-refractivity contribution in [2.45, 2.75) is 26.0 Å². The van der Waals surface area contributed by atoms with Crippen LogP contribution in [0.2, 0.25) is 0 Å². The first-order valence-electron chi connectivity index (χ1n) is 7.86. The number of benzene rings is 2. The number of carbonyl (C=O) groups is 2. The summed E-state index contributed by atoms with van der Waals surface area (Å²) in [4.78, 5) is 26.2. The molecule has 0 aromatic heterocycles. The van der Waals surface area contributed by atoms with Crippen LogP contribution in [-0.4, -0.2) is 25.0 Å². The molecule has 1 atom stereocenters. The van der Waals surface area contributed by atoms with E-state index in [0.717, 1.165) is 16.8 Å². The molecule has 1 aliphatic rings. The van der Waals surface area contributed by atoms with Crippen molar-refractivity contribution in [3.8, 4) is 0 Å². The zero-order valence-corrected chi connectivity index (χ0v) is 13.8. The Hall–Kier alpha value is -2.66. The molecule has 2 aromatic rings. The number of nitrogens with zero attached hydrogens (tertiary/aromatic N) is 1. The lowest BCUT2D eigenvalue weighted by Gasteiger charge is -2.16. The standard InChI is InChI=1S/C19H20N2O3/c1-13-6-8-16(9-7-13)21-18(22)11-17(19(21)23)20-15-5-3-4-14(10-15)12-24-2/h3-10,17,20H,11-12H2,1-2H3/t17-/m0/s1. The average molecular weight is 324 g/mol. The van der Waals surface area contributed by atoms with E-state index in [9.17, 15) is 9.59 Å². The van der Waals surface area contributed by atoms with Crippen molar-refractivity contribution in [2.24, 2.45) is 0 Å². The molecule has 1 N–H and O–H groups in total. The second-order valence-electron chi connectivity index (χ2n) is 5.94. The SMILES string of the molecule is COCc1cccc(N[C@H]2CC(=O)N(c3ccc(C)cc3)C2=O)c1. The zero-order valence-electron chi connectivity index (χ0n) is 13.8. The highest BCUT2D eigenvalue weighted by atomic mass is 16.5. The number of ether oxygens (including phenoxy) is 1. The number of carbonyl (C=O) groups excluding carboxylic acids is 2. The number of rotatable bonds is 5. The lowest BCUT2D eigenvalue weighted by Crippen LogP contribution is -2.34. The number of nitrogens with one attached hydrogen (secondary N) is 1. The first kappa shape index (κ1) is 16.2. The van der Waals surface area contributed by atoms with E-state index in [1.165, 1.54) is 4.90 Å². The Morgan fingerprint density at radius 2 is 1.92 bits per heavy atom. The van der Waals surface area contributed by atoms with Gasteiger partial charge in [0.05, 0.1) is 18.7 Å². The molecule has 0 aliphatic carbocycles. The Morgan fingerprint density at radius 1 is 1.17 bits per heavy atom. The monoisotopic (exact) mass is 324 g/mol. The molecule has 0 saturated carbocycles. The predicted molar refractivity (Wildman–Crippen MR) is 92.9 cm³/mol. The number of anilines is 2. The normalized spacial score (nSPS) is 17.4. The van der Waals surface area contributed by atoms with Crippen molar-refractivity contribution in [2.75, 3.05) is 17.3 Å². The molecular weight excluding hydrogens is 304 g/mol. The van der Waals surface area contributed by atoms with Crippen molar-refractivity contribution in [1.29, 1.82) is 0 Å². The molecule has 3 rings (SSSR count). The van der Waals surface area contributed by atoms with Gasteiger partial charge in [0.2, 0.25) is 5.91 Å². The van der Waals surface area contributed by atoms with Crippen LogP contribution in [0.15, 0.2) is 48.5 Å². The Balaban J connectivity index is 1.76. The summed E-state index contributed by atoms with van der Waals surface area (Å²) in [6, 6.07) is 14.5. The van der Waals surface area contributed by atoms with Crippen LogP contribution in [0.3, 0.4) is 0 Å². The average Bonchev–Trinajstić information content (AvgIpc) is 2.83. The van der Waals surface area contributed by atoms with Crippen LogP contribution < -0.4 is 10.2 Å². The van der Waals surface area contributed by atoms with E-state index >= 15 is 0 Å². The van der Waals surface area contributed by atoms with Gasteiger partial charge in [0.1, 0.15) is 6.04 Å². The van der Waals surface area contributed by atoms with Gasteiger partial charge in [-0.3, -0.25) is 9.59 Å². The summed E-state index contributed by atoms with van der Waals surface area (Å²) in [6.07, 6.45) is 0.154. The second kappa shape index (κ2) is 6.84. The molecule has 24 heavy (non-hydrogen) atoms. The molecule has 0 unspecified atom stereocenters. The Kier molecular flexibility index (Phi) is 4.62. The van der Waals surface area contributed by atoms with Gasteiger partial charge in [-0.05, 0) is 36.8 Å². The molecule has 2 aromatic carbocycles. The Bertz CT molecular complexity index is 755. The van der Waals surface area contributed by atoms with Gasteiger partial charge in [-0.25, -0.2) is 4.90 Å². The van der Waals surface area contributed by atoms with Crippen molar-refractivity contribution in [3.05, 3.63) is 59.7 Å². The van der Waals surface area contributed by atoms with Gasteiger partial charge in [0, 0.05) is 12.8 Å². The fourth-order valence-corrected chi connectivity index (χ4v) is 2.83. The molecule has 1 heterocycles. The molecule has 1 aliphatic heterocycles. The summed E-state index contributed by atoms with van der Waals surface area (Å²) in [5.74, 6) is -0.407. The zero-order chi connectivity index (χ0) is 17.1. The van der Waals surface area contributed by atoms with E-state index in [2.05, 4.69) is 5.32 Å². The fourth-order valence-electron chi connectivity index (χ4n) is 2.83. The van der Waals surface area contributed by atoms with E-state index in [1.54, 1.807) is 19.2 Å². The molecule has 1 fully saturated rings. The van der Waals surface area contributed by atoms with Crippen LogP contribution in [0.5, 0.6) is 0 Å². The summed E-state index contributed by atoms with van der Waals surface area (Å²) >= 11 is 0. The van der Waals surface area contributed by atoms with Crippen LogP contribution in [0.4, 0.5) is 11.4 Å². The van der Waals surface area contributed by atoms with E-state index < -0.39 is 6.04 Å². The number of amides is 2. The minimum atomic E-state index is -0.545. The van der Waals surface area contributed by atoms with Crippen LogP contribution in [0, 0.1) is 6.92 Å². The minimum absolute atomic E-state index is 0.154. The van der Waals surface area contributed by atoms with E-state index in [1.807, 2.05) is 43.3 Å². The topological polar surface area (TPSA) is 58.6 Å². The highest BCUT2D eigenvalue weighted by molar-refractivity contribution is 6.23. The highest BCUT2D eigenvalue weighted by Crippen LogP contribution is 2.25. The van der Waals surface area contributed by atoms with E-state index in [0.29, 0.717) is 12.3 Å². The number of hydrogen-bond acceptors (Lipinski definition) is 4. The maximum absolute atomic E-state index is 12.6. The third kappa shape index (κ3) is 3.31. The highest BCUT2D eigenvalue weighted by Gasteiger charge is 2.39. The van der Waals surface area contributed by atoms with Gasteiger partial charge in [0.25, 0.3) is 5.91 Å². The summed E-state index contributed by atoms with van der Waals surface area (Å²) in [7, 11) is 1.64. The third-order valence-corrected chi connectivity index (χ3v) is 4.02. The smallest absolute Gasteiger partial charge is 0.256 e. The molecule has 5 nitrogen and oxygen atoms in total. The summed E-state index contributed by atoms with van der Waals surface area (Å²) in [6.45, 7) is 2.47. The predicted octanol–water partition coefficient (Wildman–Crippen LogP) is 2.89. The van der Waals surface area contributed by atoms with Crippen LogP contribution in [-0.2, 0) is 20.9 Å². The van der Waals surface area contributed by atoms with Crippen LogP contribution >= 0.6 is 0 Å². The van der Waals surface area contributed by atoms with Gasteiger partial charge in [0.15, 0.2) is 0 Å². The minimum Gasteiger partial charge on any atom is -0.380 e. The molecule has 2 amide bonds. The van der Waals surface area contributed by atoms with E-state index in [4.69, 9.17) is 4.74 Å². The molecule has 0 radical (unpaired) electrons. The van der Waals surface area contributed by atoms with Crippen molar-refractivity contribution in [1.82, 2.24) is 0 Å². The Morgan fingerprint density at radius 3 is 2.62 bits per heavy atom. The first-order valence-corrected chi connectivity index (χ1v) is 7.86. The van der Waals surface area contributed by atoms with E-state index in [-0.39, 0.29) is 18.2 Å². The lowest BCUT2D eigenvalue weighted by atomic mass is 10.2. The first-order chi connectivity index (χ1) is 11.6. The summed E-state index contributed by atoms with van der Waals surface area (Å²) in [5.41, 5.74) is 3.52. The molecule has 0 bridgehead atoms. The van der Waals surface area contributed by atoms with Crippen molar-refractivity contribution in [3.63, 3.8) is 0 Å². The Labute approximate surface area is 141 Å². The number of aryl methyl sites for hydroxylation is 1. The van der Waals surface area contributed by atoms with Gasteiger partial charge in [-0.15, -0.1) is 0 Å². The molecule has 1 saturated heterocycles. The third-order valence-electron chi connectivity index (χ3n) is 4.02. The summed E-state index contributed by atoms with van der Waals surface area (Å²) < 4.78 is 5.12. The van der Waals surface area contributed by atoms with Gasteiger partial charge in [-0.2, -0.15) is 0 Å². The van der Waals surface area contributed by atoms with Crippen molar-refractivity contribution < 1.29 is 14.3 Å². The maximum Gasteiger partial charge on any atom is 0.256 e. The number of methoxy groups -OCH3 is 1. The van der Waals surface area contributed by atoms with Gasteiger partial charge in [-0.1, -0.05) is 29.8 Å². The van der Waals surface area contributed by atoms with Crippen LogP contribution in [0.1, 0.15) is 17.5 Å². The van der Waals surface area contributed by atoms with Crippen LogP contribution in [0.25, 0.3) is 0 Å². The maximum atomic E-state index is 12.6. The molecular formula is C19H20N2O3.